The minimum absolute atomic E-state index is 0. The van der Waals surface area contributed by atoms with Crippen molar-refractivity contribution in [1.29, 1.82) is 0 Å². The second kappa shape index (κ2) is 14.6. The van der Waals surface area contributed by atoms with Gasteiger partial charge in [-0.25, -0.2) is 4.98 Å². The first-order valence-corrected chi connectivity index (χ1v) is 20.8. The number of rotatable bonds is 6. The average molecular weight is 955 g/mol. The van der Waals surface area contributed by atoms with Gasteiger partial charge in [-0.05, 0) is 83.3 Å². The van der Waals surface area contributed by atoms with Crippen LogP contribution in [0.15, 0.2) is 164 Å². The molecule has 5 nitrogen and oxygen atoms in total. The Kier molecular flexibility index (Phi) is 8.90. The third kappa shape index (κ3) is 5.63. The maximum absolute atomic E-state index is 11.5. The minimum atomic E-state index is 0. The van der Waals surface area contributed by atoms with Crippen LogP contribution < -0.4 is 0 Å². The second-order valence-electron chi connectivity index (χ2n) is 16.0. The summed E-state index contributed by atoms with van der Waals surface area (Å²) in [6.45, 7) is 0. The van der Waals surface area contributed by atoms with Gasteiger partial charge in [-0.1, -0.05) is 151 Å². The Morgan fingerprint density at radius 2 is 1.33 bits per heavy atom. The smallest absolute Gasteiger partial charge is 0.148 e. The summed E-state index contributed by atoms with van der Waals surface area (Å²) in [5, 5.41) is 16.3. The third-order valence-electron chi connectivity index (χ3n) is 12.7. The molecule has 0 radical (unpaired) electrons. The van der Waals surface area contributed by atoms with Crippen LogP contribution in [0, 0.1) is 6.07 Å². The molecule has 4 aromatic heterocycles. The molecule has 1 saturated carbocycles. The van der Waals surface area contributed by atoms with E-state index in [1.54, 1.807) is 6.07 Å². The average Bonchev–Trinajstić information content (AvgIpc) is 3.97. The number of phenolic OH excluding ortho intramolecular Hbond substituents is 1. The van der Waals surface area contributed by atoms with Gasteiger partial charge in [0.2, 0.25) is 0 Å². The number of aromatic nitrogens is 4. The van der Waals surface area contributed by atoms with E-state index in [2.05, 4.69) is 136 Å². The summed E-state index contributed by atoms with van der Waals surface area (Å²) in [6, 6.07) is 59.3. The standard InChI is InChI=1S/C54H39N4O.Pt/c59-50-27-10-8-20-41(50)54-56-52-39(21-14-26-48(52)58(54)47-29-28-36(34-15-3-1-4-16-34)31-43(47)35-17-5-2-6-18-35)44-32-37(45-24-11-12-30-55-45)33-49-51(44)42-23-13-22-40-38-19-7-9-25-46(38)57(49)53(40)42;/h2,5-14,17-31,33-34,59H,1,3-4,15-16H2;/q-1;. The molecule has 1 aliphatic carbocycles. The quantitative estimate of drug-likeness (QED) is 0.169. The molecule has 1 N–H and O–H groups in total. The van der Waals surface area contributed by atoms with E-state index < -0.39 is 0 Å². The fraction of sp³-hybridized carbons (Fsp3) is 0.111. The Morgan fingerprint density at radius 3 is 2.18 bits per heavy atom. The van der Waals surface area contributed by atoms with E-state index in [1.165, 1.54) is 64.9 Å². The second-order valence-corrected chi connectivity index (χ2v) is 16.0. The first-order valence-electron chi connectivity index (χ1n) is 20.8. The van der Waals surface area contributed by atoms with Crippen molar-refractivity contribution in [2.45, 2.75) is 38.0 Å². The number of para-hydroxylation sites is 4. The van der Waals surface area contributed by atoms with E-state index in [4.69, 9.17) is 9.97 Å². The van der Waals surface area contributed by atoms with Gasteiger partial charge >= 0.3 is 0 Å². The fourth-order valence-electron chi connectivity index (χ4n) is 10.0. The van der Waals surface area contributed by atoms with Crippen molar-refractivity contribution in [2.24, 2.45) is 0 Å². The Hall–Kier alpha value is -6.55. The van der Waals surface area contributed by atoms with Gasteiger partial charge in [0.05, 0.1) is 33.3 Å². The maximum Gasteiger partial charge on any atom is 0.148 e. The Morgan fingerprint density at radius 1 is 0.600 bits per heavy atom. The van der Waals surface area contributed by atoms with Crippen LogP contribution in [0.25, 0.3) is 99.7 Å². The summed E-state index contributed by atoms with van der Waals surface area (Å²) in [5.74, 6) is 1.42. The SMILES string of the molecule is Oc1ccccc1-c1nc2c(-c3[c-]c(-c4ccccn4)cc4c3c3cccc5c6ccccc6n4c53)cccc2n1-c1ccc(C2CCCCC2)cc1-c1ccccc1.[Pt]. The maximum atomic E-state index is 11.5. The number of hydrogen-bond acceptors (Lipinski definition) is 3. The summed E-state index contributed by atoms with van der Waals surface area (Å²) in [5.41, 5.74) is 14.4. The van der Waals surface area contributed by atoms with Crippen LogP contribution in [0.2, 0.25) is 0 Å². The van der Waals surface area contributed by atoms with Crippen LogP contribution in [0.3, 0.4) is 0 Å². The van der Waals surface area contributed by atoms with Crippen molar-refractivity contribution in [2.75, 3.05) is 0 Å². The van der Waals surface area contributed by atoms with Crippen LogP contribution in [-0.2, 0) is 21.1 Å². The summed E-state index contributed by atoms with van der Waals surface area (Å²) in [7, 11) is 0. The molecule has 4 heterocycles. The minimum Gasteiger partial charge on any atom is -0.507 e. The monoisotopic (exact) mass is 954 g/mol. The molecule has 7 aromatic carbocycles. The number of imidazole rings is 1. The van der Waals surface area contributed by atoms with Crippen LogP contribution >= 0.6 is 0 Å². The fourth-order valence-corrected chi connectivity index (χ4v) is 10.0. The van der Waals surface area contributed by atoms with Crippen LogP contribution in [0.4, 0.5) is 0 Å². The normalized spacial score (nSPS) is 13.5. The molecule has 12 rings (SSSR count). The number of hydrogen-bond donors (Lipinski definition) is 1. The van der Waals surface area contributed by atoms with Gasteiger partial charge in [0.1, 0.15) is 11.6 Å². The van der Waals surface area contributed by atoms with Gasteiger partial charge in [-0.3, -0.25) is 9.55 Å². The van der Waals surface area contributed by atoms with Gasteiger partial charge in [0.25, 0.3) is 0 Å². The third-order valence-corrected chi connectivity index (χ3v) is 12.7. The van der Waals surface area contributed by atoms with Crippen molar-refractivity contribution in [1.82, 2.24) is 18.9 Å². The number of nitrogens with zero attached hydrogens (tertiary/aromatic N) is 4. The van der Waals surface area contributed by atoms with E-state index in [0.717, 1.165) is 61.1 Å². The van der Waals surface area contributed by atoms with E-state index in [0.29, 0.717) is 17.3 Å². The van der Waals surface area contributed by atoms with E-state index in [9.17, 15) is 5.11 Å². The van der Waals surface area contributed by atoms with Gasteiger partial charge in [0.15, 0.2) is 0 Å². The van der Waals surface area contributed by atoms with Crippen molar-refractivity contribution in [3.63, 3.8) is 0 Å². The molecule has 0 amide bonds. The summed E-state index contributed by atoms with van der Waals surface area (Å²) < 4.78 is 4.69. The van der Waals surface area contributed by atoms with E-state index >= 15 is 0 Å². The topological polar surface area (TPSA) is 55.4 Å². The summed E-state index contributed by atoms with van der Waals surface area (Å²) in [4.78, 5) is 10.4. The zero-order valence-corrected chi connectivity index (χ0v) is 35.0. The molecule has 0 unspecified atom stereocenters. The molecule has 11 aromatic rings. The Balaban J connectivity index is 0.00000408. The predicted molar refractivity (Wildman–Crippen MR) is 242 cm³/mol. The molecule has 1 aliphatic rings. The Labute approximate surface area is 362 Å². The number of aromatic hydroxyl groups is 1. The molecule has 60 heavy (non-hydrogen) atoms. The van der Waals surface area contributed by atoms with E-state index in [1.807, 2.05) is 36.5 Å². The molecule has 0 bridgehead atoms. The van der Waals surface area contributed by atoms with Crippen molar-refractivity contribution in [3.05, 3.63) is 176 Å². The molecule has 1 fully saturated rings. The number of fused-ring (bicyclic) bond motifs is 7. The summed E-state index contributed by atoms with van der Waals surface area (Å²) >= 11 is 0. The van der Waals surface area contributed by atoms with Gasteiger partial charge < -0.3 is 9.51 Å². The van der Waals surface area contributed by atoms with E-state index in [-0.39, 0.29) is 26.8 Å². The zero-order chi connectivity index (χ0) is 39.0. The predicted octanol–water partition coefficient (Wildman–Crippen LogP) is 13.8. The molecule has 0 aliphatic heterocycles. The summed E-state index contributed by atoms with van der Waals surface area (Å²) in [6.07, 6.45) is 8.16. The first-order chi connectivity index (χ1) is 29.2. The van der Waals surface area contributed by atoms with Gasteiger partial charge in [-0.15, -0.1) is 11.6 Å². The first kappa shape index (κ1) is 36.5. The number of pyridine rings is 1. The Bertz CT molecular complexity index is 3380. The largest absolute Gasteiger partial charge is 0.507 e. The van der Waals surface area contributed by atoms with Crippen LogP contribution in [0.1, 0.15) is 43.6 Å². The number of phenols is 1. The molecular formula is C54H39N4OPt-. The van der Waals surface area contributed by atoms with Crippen molar-refractivity contribution < 1.29 is 26.2 Å². The number of benzene rings is 7. The van der Waals surface area contributed by atoms with Crippen LogP contribution in [0.5, 0.6) is 5.75 Å². The van der Waals surface area contributed by atoms with Gasteiger partial charge in [0, 0.05) is 49.3 Å². The van der Waals surface area contributed by atoms with Gasteiger partial charge in [-0.2, -0.15) is 0 Å². The molecular weight excluding hydrogens is 916 g/mol. The molecule has 0 atom stereocenters. The molecule has 6 heteroatoms. The molecule has 292 valence electrons. The van der Waals surface area contributed by atoms with Crippen molar-refractivity contribution >= 4 is 49.1 Å². The zero-order valence-electron chi connectivity index (χ0n) is 32.8. The molecule has 0 saturated heterocycles. The van der Waals surface area contributed by atoms with Crippen LogP contribution in [-0.4, -0.2) is 24.0 Å². The molecule has 0 spiro atoms. The van der Waals surface area contributed by atoms with Crippen molar-refractivity contribution in [3.8, 4) is 56.3 Å².